The topological polar surface area (TPSA) is 50.1 Å². The van der Waals surface area contributed by atoms with Crippen molar-refractivity contribution in [2.75, 3.05) is 0 Å². The van der Waals surface area contributed by atoms with E-state index in [0.29, 0.717) is 0 Å². The average Bonchev–Trinajstić information content (AvgIpc) is 3.73. The summed E-state index contributed by atoms with van der Waals surface area (Å²) in [6.45, 7) is 4.62. The standard InChI is InChI=1S/C67H55N3/c1-3-52(47-27-22-28-48(40-47)65(68)70-66-60(46-25-10-5-11-26-46)41-49(43-69-66)45-23-8-4-9-24-45)53-33-16-17-36-56(53)59-42-62-61(39-44(59)2)63-57-37-20-18-34-54(57)55-35-19-21-38-58(55)64(63)67(62,50-29-12-6-13-30-50)51-31-14-7-15-32-51/h4-43,52,65-66,69-70H,3,68H2,1-2H3. The van der Waals surface area contributed by atoms with Gasteiger partial charge >= 0.3 is 0 Å². The zero-order valence-electron chi connectivity index (χ0n) is 39.6. The maximum atomic E-state index is 7.18. The van der Waals surface area contributed by atoms with Crippen LogP contribution in [0.15, 0.2) is 243 Å². The number of hydrogen-bond acceptors (Lipinski definition) is 3. The zero-order valence-corrected chi connectivity index (χ0v) is 39.6. The van der Waals surface area contributed by atoms with Gasteiger partial charge in [0.25, 0.3) is 0 Å². The molecular formula is C67H55N3. The van der Waals surface area contributed by atoms with E-state index in [-0.39, 0.29) is 12.1 Å². The molecule has 0 saturated carbocycles. The molecule has 1 heterocycles. The molecule has 3 heteroatoms. The van der Waals surface area contributed by atoms with Gasteiger partial charge in [-0.05, 0) is 136 Å². The lowest BCUT2D eigenvalue weighted by molar-refractivity contribution is 0.474. The van der Waals surface area contributed by atoms with Crippen LogP contribution in [0.5, 0.6) is 0 Å². The molecule has 3 nitrogen and oxygen atoms in total. The van der Waals surface area contributed by atoms with Crippen molar-refractivity contribution in [2.24, 2.45) is 5.73 Å². The van der Waals surface area contributed by atoms with Crippen LogP contribution in [-0.4, -0.2) is 6.17 Å². The van der Waals surface area contributed by atoms with E-state index in [9.17, 15) is 0 Å². The van der Waals surface area contributed by atoms with Crippen LogP contribution in [0.1, 0.15) is 81.1 Å². The van der Waals surface area contributed by atoms with E-state index in [2.05, 4.69) is 267 Å². The van der Waals surface area contributed by atoms with Crippen LogP contribution >= 0.6 is 0 Å². The minimum atomic E-state index is -0.586. The third-order valence-electron chi connectivity index (χ3n) is 15.1. The summed E-state index contributed by atoms with van der Waals surface area (Å²) in [7, 11) is 0. The van der Waals surface area contributed by atoms with Gasteiger partial charge in [-0.2, -0.15) is 0 Å². The molecule has 10 aromatic rings. The maximum absolute atomic E-state index is 7.18. The summed E-state index contributed by atoms with van der Waals surface area (Å²) in [5, 5.41) is 12.6. The molecule has 10 aromatic carbocycles. The van der Waals surface area contributed by atoms with Crippen molar-refractivity contribution in [1.29, 1.82) is 0 Å². The Hall–Kier alpha value is -8.08. The van der Waals surface area contributed by atoms with Gasteiger partial charge in [0.15, 0.2) is 0 Å². The Bertz CT molecular complexity index is 3570. The minimum absolute atomic E-state index is 0.123. The first-order valence-corrected chi connectivity index (χ1v) is 24.7. The molecule has 3 atom stereocenters. The fourth-order valence-electron chi connectivity index (χ4n) is 11.9. The number of allylic oxidation sites excluding steroid dienone is 2. The number of dihydropyridines is 1. The van der Waals surface area contributed by atoms with E-state index in [1.165, 1.54) is 88.3 Å². The van der Waals surface area contributed by atoms with Crippen molar-refractivity contribution in [3.05, 3.63) is 298 Å². The molecule has 0 spiro atoms. The van der Waals surface area contributed by atoms with Gasteiger partial charge in [0.05, 0.1) is 11.6 Å². The van der Waals surface area contributed by atoms with E-state index < -0.39 is 11.6 Å². The summed E-state index contributed by atoms with van der Waals surface area (Å²) < 4.78 is 0. The quantitative estimate of drug-likeness (QED) is 0.0895. The Balaban J connectivity index is 0.969. The van der Waals surface area contributed by atoms with E-state index in [1.807, 2.05) is 0 Å². The Labute approximate surface area is 411 Å². The normalized spacial score (nSPS) is 15.6. The summed E-state index contributed by atoms with van der Waals surface area (Å²) in [5.41, 5.74) is 26.4. The highest BCUT2D eigenvalue weighted by Gasteiger charge is 2.48. The molecule has 338 valence electrons. The van der Waals surface area contributed by atoms with Crippen molar-refractivity contribution >= 4 is 32.7 Å². The SMILES string of the molecule is CCC(c1cccc(C(N)NC2NC=C(c3ccccc3)C=C2c2ccccc2)c1)c1ccccc1-c1cc2c(cc1C)-c1c(c3ccccc3c3ccccc13)C2(c1ccccc1)c1ccccc1. The summed E-state index contributed by atoms with van der Waals surface area (Å²) in [4.78, 5) is 0. The third kappa shape index (κ3) is 7.20. The second-order valence-corrected chi connectivity index (χ2v) is 18.9. The van der Waals surface area contributed by atoms with Gasteiger partial charge in [0.2, 0.25) is 0 Å². The Morgan fingerprint density at radius 2 is 1.09 bits per heavy atom. The Kier molecular flexibility index (Phi) is 11.2. The van der Waals surface area contributed by atoms with Crippen LogP contribution in [0.3, 0.4) is 0 Å². The number of hydrogen-bond donors (Lipinski definition) is 3. The number of benzene rings is 10. The fraction of sp³-hybridized carbons (Fsp3) is 0.104. The molecule has 0 fully saturated rings. The van der Waals surface area contributed by atoms with Crippen LogP contribution in [0, 0.1) is 6.92 Å². The van der Waals surface area contributed by atoms with Gasteiger partial charge in [0.1, 0.15) is 6.17 Å². The highest BCUT2D eigenvalue weighted by Crippen LogP contribution is 2.61. The molecule has 12 rings (SSSR count). The van der Waals surface area contributed by atoms with Crippen molar-refractivity contribution in [1.82, 2.24) is 10.6 Å². The molecule has 1 aliphatic heterocycles. The van der Waals surface area contributed by atoms with Gasteiger partial charge < -0.3 is 11.1 Å². The van der Waals surface area contributed by atoms with Crippen molar-refractivity contribution < 1.29 is 0 Å². The monoisotopic (exact) mass is 901 g/mol. The molecule has 70 heavy (non-hydrogen) atoms. The van der Waals surface area contributed by atoms with Crippen LogP contribution in [0.25, 0.3) is 54.9 Å². The molecule has 2 aliphatic rings. The number of rotatable bonds is 11. The van der Waals surface area contributed by atoms with E-state index in [4.69, 9.17) is 5.73 Å². The van der Waals surface area contributed by atoms with Gasteiger partial charge in [-0.3, -0.25) is 5.32 Å². The van der Waals surface area contributed by atoms with E-state index in [1.54, 1.807) is 0 Å². The first-order valence-electron chi connectivity index (χ1n) is 24.7. The van der Waals surface area contributed by atoms with Crippen LogP contribution in [0.4, 0.5) is 0 Å². The van der Waals surface area contributed by atoms with E-state index in [0.717, 1.165) is 28.7 Å². The summed E-state index contributed by atoms with van der Waals surface area (Å²) >= 11 is 0. The largest absolute Gasteiger partial charge is 0.371 e. The highest BCUT2D eigenvalue weighted by atomic mass is 15.2. The molecule has 0 saturated heterocycles. The number of aryl methyl sites for hydroxylation is 1. The molecule has 0 radical (unpaired) electrons. The molecule has 0 amide bonds. The van der Waals surface area contributed by atoms with Gasteiger partial charge in [0, 0.05) is 12.1 Å². The lowest BCUT2D eigenvalue weighted by atomic mass is 9.66. The number of fused-ring (bicyclic) bond motifs is 8. The molecule has 0 bridgehead atoms. The van der Waals surface area contributed by atoms with Gasteiger partial charge in [-0.15, -0.1) is 0 Å². The molecule has 3 unspecified atom stereocenters. The average molecular weight is 902 g/mol. The van der Waals surface area contributed by atoms with Gasteiger partial charge in [-0.25, -0.2) is 0 Å². The zero-order chi connectivity index (χ0) is 47.2. The summed E-state index contributed by atoms with van der Waals surface area (Å²) in [6, 6.07) is 84.7. The van der Waals surface area contributed by atoms with Crippen molar-refractivity contribution in [2.45, 2.75) is 43.9 Å². The Morgan fingerprint density at radius 1 is 0.529 bits per heavy atom. The predicted molar refractivity (Wildman–Crippen MR) is 293 cm³/mol. The first kappa shape index (κ1) is 43.2. The number of nitrogens with two attached hydrogens (primary N) is 1. The lowest BCUT2D eigenvalue weighted by Gasteiger charge is -2.35. The maximum Gasteiger partial charge on any atom is 0.105 e. The van der Waals surface area contributed by atoms with Crippen molar-refractivity contribution in [3.63, 3.8) is 0 Å². The predicted octanol–water partition coefficient (Wildman–Crippen LogP) is 15.5. The van der Waals surface area contributed by atoms with Crippen LogP contribution < -0.4 is 16.4 Å². The number of nitrogens with one attached hydrogen (secondary N) is 2. The smallest absolute Gasteiger partial charge is 0.105 e. The van der Waals surface area contributed by atoms with Crippen LogP contribution in [-0.2, 0) is 5.41 Å². The molecular weight excluding hydrogens is 847 g/mol. The first-order chi connectivity index (χ1) is 34.5. The highest BCUT2D eigenvalue weighted by molar-refractivity contribution is 6.19. The minimum Gasteiger partial charge on any atom is -0.371 e. The second-order valence-electron chi connectivity index (χ2n) is 18.9. The van der Waals surface area contributed by atoms with Gasteiger partial charge in [-0.1, -0.05) is 231 Å². The summed E-state index contributed by atoms with van der Waals surface area (Å²) in [6.07, 6.45) is 4.67. The molecule has 0 aromatic heterocycles. The Morgan fingerprint density at radius 3 is 1.76 bits per heavy atom. The van der Waals surface area contributed by atoms with Crippen LogP contribution in [0.2, 0.25) is 0 Å². The van der Waals surface area contributed by atoms with Crippen molar-refractivity contribution in [3.8, 4) is 22.3 Å². The summed E-state index contributed by atoms with van der Waals surface area (Å²) in [5.74, 6) is 0.123. The lowest BCUT2D eigenvalue weighted by Crippen LogP contribution is -2.46. The van der Waals surface area contributed by atoms with E-state index >= 15 is 0 Å². The molecule has 1 aliphatic carbocycles. The third-order valence-corrected chi connectivity index (χ3v) is 15.1. The second kappa shape index (κ2) is 18.1. The fourth-order valence-corrected chi connectivity index (χ4v) is 11.9. The molecule has 4 N–H and O–H groups in total.